The van der Waals surface area contributed by atoms with Crippen molar-refractivity contribution in [1.29, 1.82) is 5.26 Å². The van der Waals surface area contributed by atoms with Gasteiger partial charge in [-0.3, -0.25) is 0 Å². The Balaban J connectivity index is 2.31. The van der Waals surface area contributed by atoms with Crippen molar-refractivity contribution in [3.8, 4) is 6.07 Å². The average molecular weight is 244 g/mol. The molecule has 1 unspecified atom stereocenters. The first kappa shape index (κ1) is 14.6. The van der Waals surface area contributed by atoms with Gasteiger partial charge in [-0.15, -0.1) is 0 Å². The minimum atomic E-state index is 0.432. The molecule has 1 rings (SSSR count). The lowest BCUT2D eigenvalue weighted by atomic mass is 10.1. The van der Waals surface area contributed by atoms with Crippen molar-refractivity contribution >= 4 is 5.69 Å². The van der Waals surface area contributed by atoms with E-state index in [9.17, 15) is 0 Å². The molecule has 2 nitrogen and oxygen atoms in total. The summed E-state index contributed by atoms with van der Waals surface area (Å²) in [5.74, 6) is 0. The molecule has 98 valence electrons. The lowest BCUT2D eigenvalue weighted by Gasteiger charge is -2.16. The Bertz CT molecular complexity index is 379. The van der Waals surface area contributed by atoms with Crippen molar-refractivity contribution < 1.29 is 0 Å². The largest absolute Gasteiger partial charge is 0.382 e. The molecule has 2 heteroatoms. The zero-order valence-corrected chi connectivity index (χ0v) is 11.6. The minimum absolute atomic E-state index is 0.432. The maximum atomic E-state index is 9.01. The van der Waals surface area contributed by atoms with E-state index in [0.29, 0.717) is 6.04 Å². The standard InChI is InChI=1S/C16H24N2/c1-3-4-5-6-7-10-14(2)18-16-12-9-8-11-15(16)13-17/h8-9,11-12,14,18H,3-7,10H2,1-2H3. The number of unbranched alkanes of at least 4 members (excludes halogenated alkanes) is 4. The van der Waals surface area contributed by atoms with E-state index in [0.717, 1.165) is 11.3 Å². The number of nitrogens with zero attached hydrogens (tertiary/aromatic N) is 1. The fourth-order valence-corrected chi connectivity index (χ4v) is 2.10. The van der Waals surface area contributed by atoms with E-state index in [-0.39, 0.29) is 0 Å². The van der Waals surface area contributed by atoms with Crippen molar-refractivity contribution in [1.82, 2.24) is 0 Å². The molecule has 0 spiro atoms. The molecule has 0 amide bonds. The van der Waals surface area contributed by atoms with Crippen LogP contribution >= 0.6 is 0 Å². The second-order valence-electron chi connectivity index (χ2n) is 4.91. The number of rotatable bonds is 8. The van der Waals surface area contributed by atoms with Crippen LogP contribution in [0, 0.1) is 11.3 Å². The molecule has 0 bridgehead atoms. The van der Waals surface area contributed by atoms with Crippen molar-refractivity contribution in [2.24, 2.45) is 0 Å². The molecular weight excluding hydrogens is 220 g/mol. The minimum Gasteiger partial charge on any atom is -0.382 e. The summed E-state index contributed by atoms with van der Waals surface area (Å²) in [6.07, 6.45) is 7.74. The van der Waals surface area contributed by atoms with E-state index < -0.39 is 0 Å². The number of benzene rings is 1. The number of hydrogen-bond donors (Lipinski definition) is 1. The van der Waals surface area contributed by atoms with Crippen LogP contribution in [-0.2, 0) is 0 Å². The Morgan fingerprint density at radius 3 is 2.61 bits per heavy atom. The van der Waals surface area contributed by atoms with Crippen LogP contribution in [0.15, 0.2) is 24.3 Å². The highest BCUT2D eigenvalue weighted by molar-refractivity contribution is 5.57. The molecule has 0 aliphatic rings. The van der Waals surface area contributed by atoms with Gasteiger partial charge in [0.1, 0.15) is 6.07 Å². The van der Waals surface area contributed by atoms with E-state index in [2.05, 4.69) is 25.2 Å². The number of para-hydroxylation sites is 1. The van der Waals surface area contributed by atoms with Gasteiger partial charge in [0.2, 0.25) is 0 Å². The van der Waals surface area contributed by atoms with Crippen LogP contribution in [0.2, 0.25) is 0 Å². The third-order valence-electron chi connectivity index (χ3n) is 3.19. The van der Waals surface area contributed by atoms with Crippen molar-refractivity contribution in [2.45, 2.75) is 58.4 Å². The van der Waals surface area contributed by atoms with Crippen LogP contribution in [-0.4, -0.2) is 6.04 Å². The van der Waals surface area contributed by atoms with Crippen LogP contribution in [0.1, 0.15) is 57.9 Å². The summed E-state index contributed by atoms with van der Waals surface area (Å²) in [6.45, 7) is 4.43. The summed E-state index contributed by atoms with van der Waals surface area (Å²) in [6, 6.07) is 10.4. The first-order valence-corrected chi connectivity index (χ1v) is 7.03. The highest BCUT2D eigenvalue weighted by Gasteiger charge is 2.05. The van der Waals surface area contributed by atoms with E-state index >= 15 is 0 Å². The smallest absolute Gasteiger partial charge is 0.101 e. The van der Waals surface area contributed by atoms with Crippen molar-refractivity contribution in [3.63, 3.8) is 0 Å². The number of nitriles is 1. The molecule has 18 heavy (non-hydrogen) atoms. The number of nitrogens with one attached hydrogen (secondary N) is 1. The average Bonchev–Trinajstić information content (AvgIpc) is 2.39. The van der Waals surface area contributed by atoms with Gasteiger partial charge in [-0.25, -0.2) is 0 Å². The third kappa shape index (κ3) is 5.23. The van der Waals surface area contributed by atoms with E-state index in [1.54, 1.807) is 0 Å². The van der Waals surface area contributed by atoms with Crippen molar-refractivity contribution in [2.75, 3.05) is 5.32 Å². The van der Waals surface area contributed by atoms with Crippen molar-refractivity contribution in [3.05, 3.63) is 29.8 Å². The van der Waals surface area contributed by atoms with Gasteiger partial charge in [0.15, 0.2) is 0 Å². The lowest BCUT2D eigenvalue weighted by Crippen LogP contribution is -2.15. The maximum Gasteiger partial charge on any atom is 0.101 e. The molecular formula is C16H24N2. The maximum absolute atomic E-state index is 9.01. The monoisotopic (exact) mass is 244 g/mol. The first-order chi connectivity index (χ1) is 8.77. The van der Waals surface area contributed by atoms with Gasteiger partial charge in [-0.2, -0.15) is 5.26 Å². The Kier molecular flexibility index (Phi) is 6.94. The molecule has 0 aromatic heterocycles. The van der Waals surface area contributed by atoms with Crippen LogP contribution in [0.3, 0.4) is 0 Å². The molecule has 1 aromatic rings. The van der Waals surface area contributed by atoms with Gasteiger partial charge in [0.25, 0.3) is 0 Å². The zero-order chi connectivity index (χ0) is 13.2. The second kappa shape index (κ2) is 8.58. The van der Waals surface area contributed by atoms with Crippen LogP contribution < -0.4 is 5.32 Å². The second-order valence-corrected chi connectivity index (χ2v) is 4.91. The van der Waals surface area contributed by atoms with Gasteiger partial charge >= 0.3 is 0 Å². The Labute approximate surface area is 111 Å². The molecule has 0 fully saturated rings. The summed E-state index contributed by atoms with van der Waals surface area (Å²) in [5.41, 5.74) is 1.69. The summed E-state index contributed by atoms with van der Waals surface area (Å²) >= 11 is 0. The fourth-order valence-electron chi connectivity index (χ4n) is 2.10. The van der Waals surface area contributed by atoms with Crippen LogP contribution in [0.5, 0.6) is 0 Å². The molecule has 0 saturated heterocycles. The van der Waals surface area contributed by atoms with E-state index in [4.69, 9.17) is 5.26 Å². The molecule has 0 aliphatic carbocycles. The predicted octanol–water partition coefficient (Wildman–Crippen LogP) is 4.72. The zero-order valence-electron chi connectivity index (χ0n) is 11.6. The predicted molar refractivity (Wildman–Crippen MR) is 77.6 cm³/mol. The summed E-state index contributed by atoms with van der Waals surface area (Å²) in [4.78, 5) is 0. The van der Waals surface area contributed by atoms with Crippen LogP contribution in [0.25, 0.3) is 0 Å². The number of anilines is 1. The topological polar surface area (TPSA) is 35.8 Å². The van der Waals surface area contributed by atoms with Gasteiger partial charge in [0, 0.05) is 6.04 Å². The fraction of sp³-hybridized carbons (Fsp3) is 0.562. The summed E-state index contributed by atoms with van der Waals surface area (Å²) < 4.78 is 0. The first-order valence-electron chi connectivity index (χ1n) is 7.03. The third-order valence-corrected chi connectivity index (χ3v) is 3.19. The Hall–Kier alpha value is -1.49. The SMILES string of the molecule is CCCCCCCC(C)Nc1ccccc1C#N. The summed E-state index contributed by atoms with van der Waals surface area (Å²) in [7, 11) is 0. The molecule has 0 radical (unpaired) electrons. The summed E-state index contributed by atoms with van der Waals surface area (Å²) in [5, 5.41) is 12.4. The quantitative estimate of drug-likeness (QED) is 0.672. The van der Waals surface area contributed by atoms with Gasteiger partial charge < -0.3 is 5.32 Å². The molecule has 0 aliphatic heterocycles. The molecule has 1 aromatic carbocycles. The Morgan fingerprint density at radius 2 is 1.89 bits per heavy atom. The molecule has 0 heterocycles. The van der Waals surface area contributed by atoms with Gasteiger partial charge in [-0.05, 0) is 25.5 Å². The highest BCUT2D eigenvalue weighted by atomic mass is 14.9. The van der Waals surface area contributed by atoms with Gasteiger partial charge in [-0.1, -0.05) is 51.2 Å². The van der Waals surface area contributed by atoms with Gasteiger partial charge in [0.05, 0.1) is 11.3 Å². The van der Waals surface area contributed by atoms with E-state index in [1.807, 2.05) is 24.3 Å². The lowest BCUT2D eigenvalue weighted by molar-refractivity contribution is 0.578. The Morgan fingerprint density at radius 1 is 1.17 bits per heavy atom. The van der Waals surface area contributed by atoms with Crippen LogP contribution in [0.4, 0.5) is 5.69 Å². The molecule has 0 saturated carbocycles. The van der Waals surface area contributed by atoms with E-state index in [1.165, 1.54) is 38.5 Å². The molecule has 1 N–H and O–H groups in total. The number of hydrogen-bond acceptors (Lipinski definition) is 2. The normalized spacial score (nSPS) is 11.8. The molecule has 1 atom stereocenters. The highest BCUT2D eigenvalue weighted by Crippen LogP contribution is 2.16.